The molecule has 0 spiro atoms. The van der Waals surface area contributed by atoms with E-state index in [2.05, 4.69) is 45.1 Å². The van der Waals surface area contributed by atoms with Crippen LogP contribution in [0.1, 0.15) is 12.5 Å². The van der Waals surface area contributed by atoms with Gasteiger partial charge in [0.05, 0.1) is 40.2 Å². The highest BCUT2D eigenvalue weighted by atomic mass is 35.5. The van der Waals surface area contributed by atoms with Gasteiger partial charge in [-0.3, -0.25) is 9.69 Å². The lowest BCUT2D eigenvalue weighted by Crippen LogP contribution is -2.38. The number of thioether (sulfide) groups is 1. The van der Waals surface area contributed by atoms with Crippen molar-refractivity contribution in [2.45, 2.75) is 30.8 Å². The predicted molar refractivity (Wildman–Crippen MR) is 153 cm³/mol. The number of ether oxygens (including phenoxy) is 1. The number of aryl methyl sites for hydroxylation is 1. The molecule has 1 aliphatic heterocycles. The topological polar surface area (TPSA) is 59.4 Å². The molecule has 4 aromatic rings. The number of amides is 1. The minimum absolute atomic E-state index is 0.106. The molecule has 0 bridgehead atoms. The number of carbonyl (C=O) groups is 1. The molecule has 1 fully saturated rings. The van der Waals surface area contributed by atoms with Crippen molar-refractivity contribution < 1.29 is 9.53 Å². The number of carbonyl (C=O) groups excluding carboxylic acids is 1. The summed E-state index contributed by atoms with van der Waals surface area (Å²) in [6.07, 6.45) is 0. The second-order valence-electron chi connectivity index (χ2n) is 9.27. The predicted octanol–water partition coefficient (Wildman–Crippen LogP) is 6.12. The van der Waals surface area contributed by atoms with Gasteiger partial charge >= 0.3 is 0 Å². The summed E-state index contributed by atoms with van der Waals surface area (Å²) in [6.45, 7) is 8.94. The van der Waals surface area contributed by atoms with Crippen molar-refractivity contribution in [2.75, 3.05) is 38.2 Å². The van der Waals surface area contributed by atoms with Crippen molar-refractivity contribution in [1.82, 2.24) is 14.5 Å². The molecule has 6 nitrogen and oxygen atoms in total. The quantitative estimate of drug-likeness (QED) is 0.276. The molecule has 1 unspecified atom stereocenters. The summed E-state index contributed by atoms with van der Waals surface area (Å²) in [4.78, 5) is 20.5. The number of fused-ring (bicyclic) bond motifs is 1. The fourth-order valence-corrected chi connectivity index (χ4v) is 5.77. The van der Waals surface area contributed by atoms with E-state index in [1.54, 1.807) is 0 Å². The van der Waals surface area contributed by atoms with Crippen molar-refractivity contribution in [1.29, 1.82) is 0 Å². The summed E-state index contributed by atoms with van der Waals surface area (Å²) in [6, 6.07) is 22.3. The van der Waals surface area contributed by atoms with E-state index in [1.165, 1.54) is 11.8 Å². The molecule has 1 amide bonds. The number of morpholine rings is 1. The number of rotatable bonds is 8. The number of para-hydroxylation sites is 1. The van der Waals surface area contributed by atoms with Gasteiger partial charge in [0.1, 0.15) is 0 Å². The Bertz CT molecular complexity index is 1390. The van der Waals surface area contributed by atoms with Crippen LogP contribution < -0.4 is 5.32 Å². The van der Waals surface area contributed by atoms with E-state index < -0.39 is 0 Å². The van der Waals surface area contributed by atoms with Crippen LogP contribution in [-0.4, -0.2) is 58.5 Å². The molecule has 2 heterocycles. The van der Waals surface area contributed by atoms with Gasteiger partial charge in [0.25, 0.3) is 0 Å². The zero-order valence-electron chi connectivity index (χ0n) is 21.1. The third-order valence-corrected chi connectivity index (χ3v) is 8.00. The molecule has 0 saturated carbocycles. The number of hydrogen-bond donors (Lipinski definition) is 1. The normalized spacial score (nSPS) is 15.1. The first kappa shape index (κ1) is 25.8. The highest BCUT2D eigenvalue weighted by molar-refractivity contribution is 8.00. The van der Waals surface area contributed by atoms with E-state index >= 15 is 0 Å². The Morgan fingerprint density at radius 3 is 2.62 bits per heavy atom. The molecular formula is C29H31ClN4O2S. The molecule has 0 radical (unpaired) electrons. The highest BCUT2D eigenvalue weighted by Crippen LogP contribution is 2.34. The van der Waals surface area contributed by atoms with Crippen LogP contribution in [0.25, 0.3) is 22.2 Å². The third kappa shape index (κ3) is 6.02. The number of nitrogens with one attached hydrogen (secondary N) is 1. The fraction of sp³-hybridized carbons (Fsp3) is 0.310. The molecule has 192 valence electrons. The first-order valence-corrected chi connectivity index (χ1v) is 13.8. The second-order valence-corrected chi connectivity index (χ2v) is 11.0. The summed E-state index contributed by atoms with van der Waals surface area (Å²) in [7, 11) is 0. The smallest absolute Gasteiger partial charge is 0.237 e. The van der Waals surface area contributed by atoms with Crippen LogP contribution in [0.15, 0.2) is 71.9 Å². The van der Waals surface area contributed by atoms with Gasteiger partial charge in [-0.2, -0.15) is 0 Å². The summed E-state index contributed by atoms with van der Waals surface area (Å²) in [5, 5.41) is 3.99. The fourth-order valence-electron chi connectivity index (χ4n) is 4.55. The van der Waals surface area contributed by atoms with E-state index in [-0.39, 0.29) is 11.2 Å². The molecule has 5 rings (SSSR count). The van der Waals surface area contributed by atoms with Crippen LogP contribution in [-0.2, 0) is 16.1 Å². The van der Waals surface area contributed by atoms with E-state index in [1.807, 2.05) is 50.2 Å². The number of benzene rings is 3. The van der Waals surface area contributed by atoms with Crippen molar-refractivity contribution in [3.05, 3.63) is 77.3 Å². The van der Waals surface area contributed by atoms with Gasteiger partial charge < -0.3 is 14.6 Å². The Balaban J connectivity index is 1.45. The van der Waals surface area contributed by atoms with Gasteiger partial charge in [-0.15, -0.1) is 0 Å². The Morgan fingerprint density at radius 1 is 1.08 bits per heavy atom. The van der Waals surface area contributed by atoms with Crippen LogP contribution >= 0.6 is 23.4 Å². The average molecular weight is 535 g/mol. The second kappa shape index (κ2) is 11.7. The lowest BCUT2D eigenvalue weighted by atomic mass is 10.0. The number of aromatic nitrogens is 2. The first-order valence-electron chi connectivity index (χ1n) is 12.6. The standard InChI is InChI=1S/C29H31ClN4O2S/c1-20-11-12-25(24(30)19-20)31-28(35)21(2)37-29-32-26-10-6-9-23(22-7-4-3-5-8-22)27(26)34(29)14-13-33-15-17-36-18-16-33/h3-12,19,21H,13-18H2,1-2H3,(H,31,35). The number of hydrogen-bond acceptors (Lipinski definition) is 5. The molecular weight excluding hydrogens is 504 g/mol. The number of halogens is 1. The monoisotopic (exact) mass is 534 g/mol. The van der Waals surface area contributed by atoms with Gasteiger partial charge in [-0.05, 0) is 43.2 Å². The van der Waals surface area contributed by atoms with Crippen LogP contribution in [0.2, 0.25) is 5.02 Å². The summed E-state index contributed by atoms with van der Waals surface area (Å²) in [5.74, 6) is -0.106. The Labute approximate surface area is 227 Å². The maximum absolute atomic E-state index is 13.1. The first-order chi connectivity index (χ1) is 18.0. The molecule has 0 aliphatic carbocycles. The Kier molecular flexibility index (Phi) is 8.15. The largest absolute Gasteiger partial charge is 0.379 e. The molecule has 1 atom stereocenters. The molecule has 1 aromatic heterocycles. The minimum Gasteiger partial charge on any atom is -0.379 e. The van der Waals surface area contributed by atoms with Crippen LogP contribution in [0.3, 0.4) is 0 Å². The molecule has 1 saturated heterocycles. The summed E-state index contributed by atoms with van der Waals surface area (Å²) in [5.41, 5.74) is 5.99. The molecule has 1 aliphatic rings. The van der Waals surface area contributed by atoms with Crippen molar-refractivity contribution >= 4 is 46.0 Å². The third-order valence-electron chi connectivity index (χ3n) is 6.59. The van der Waals surface area contributed by atoms with Gasteiger partial charge in [-0.25, -0.2) is 4.98 Å². The van der Waals surface area contributed by atoms with Gasteiger partial charge in [0.15, 0.2) is 5.16 Å². The molecule has 8 heteroatoms. The van der Waals surface area contributed by atoms with Crippen LogP contribution in [0, 0.1) is 6.92 Å². The lowest BCUT2D eigenvalue weighted by Gasteiger charge is -2.27. The number of anilines is 1. The lowest BCUT2D eigenvalue weighted by molar-refractivity contribution is -0.115. The van der Waals surface area contributed by atoms with Crippen molar-refractivity contribution in [2.24, 2.45) is 0 Å². The van der Waals surface area contributed by atoms with E-state index in [9.17, 15) is 4.79 Å². The minimum atomic E-state index is -0.364. The van der Waals surface area contributed by atoms with Crippen LogP contribution in [0.4, 0.5) is 5.69 Å². The van der Waals surface area contributed by atoms with E-state index in [0.29, 0.717) is 10.7 Å². The van der Waals surface area contributed by atoms with E-state index in [0.717, 1.165) is 72.3 Å². The highest BCUT2D eigenvalue weighted by Gasteiger charge is 2.22. The van der Waals surface area contributed by atoms with Crippen LogP contribution in [0.5, 0.6) is 0 Å². The maximum Gasteiger partial charge on any atom is 0.237 e. The zero-order valence-corrected chi connectivity index (χ0v) is 22.7. The summed E-state index contributed by atoms with van der Waals surface area (Å²) < 4.78 is 7.81. The SMILES string of the molecule is Cc1ccc(NC(=O)C(C)Sc2nc3cccc(-c4ccccc4)c3n2CCN2CCOCC2)c(Cl)c1. The Hall–Kier alpha value is -2.84. The van der Waals surface area contributed by atoms with Crippen molar-refractivity contribution in [3.63, 3.8) is 0 Å². The van der Waals surface area contributed by atoms with Gasteiger partial charge in [-0.1, -0.05) is 71.9 Å². The average Bonchev–Trinajstić information content (AvgIpc) is 3.27. The van der Waals surface area contributed by atoms with Gasteiger partial charge in [0, 0.05) is 31.7 Å². The zero-order chi connectivity index (χ0) is 25.8. The van der Waals surface area contributed by atoms with E-state index in [4.69, 9.17) is 21.3 Å². The Morgan fingerprint density at radius 2 is 1.86 bits per heavy atom. The van der Waals surface area contributed by atoms with Gasteiger partial charge in [0.2, 0.25) is 5.91 Å². The molecule has 1 N–H and O–H groups in total. The molecule has 3 aromatic carbocycles. The molecule has 37 heavy (non-hydrogen) atoms. The maximum atomic E-state index is 13.1. The number of nitrogens with zero attached hydrogens (tertiary/aromatic N) is 3. The number of imidazole rings is 1. The van der Waals surface area contributed by atoms with Crippen molar-refractivity contribution in [3.8, 4) is 11.1 Å². The summed E-state index contributed by atoms with van der Waals surface area (Å²) >= 11 is 7.83.